The molecule has 1 saturated heterocycles. The summed E-state index contributed by atoms with van der Waals surface area (Å²) in [4.78, 5) is 2.29. The van der Waals surface area contributed by atoms with Crippen LogP contribution in [0.2, 0.25) is 0 Å². The van der Waals surface area contributed by atoms with Crippen LogP contribution >= 0.6 is 0 Å². The van der Waals surface area contributed by atoms with Gasteiger partial charge in [0, 0.05) is 25.3 Å². The molecular weight excluding hydrogens is 204 g/mol. The number of benzene rings is 1. The number of morpholine rings is 1. The molecule has 0 amide bonds. The number of nitrogen functional groups attached to an aromatic ring is 1. The van der Waals surface area contributed by atoms with Crippen LogP contribution in [-0.2, 0) is 11.3 Å². The molecule has 0 bridgehead atoms. The summed E-state index contributed by atoms with van der Waals surface area (Å²) in [5, 5.41) is 9.04. The summed E-state index contributed by atoms with van der Waals surface area (Å²) < 4.78 is 5.40. The molecule has 1 aliphatic heterocycles. The minimum absolute atomic E-state index is 0.0393. The second-order valence-electron chi connectivity index (χ2n) is 4.15. The first-order chi connectivity index (χ1) is 7.78. The number of anilines is 1. The highest BCUT2D eigenvalue weighted by Crippen LogP contribution is 2.11. The maximum Gasteiger partial charge on any atom is 0.0933 e. The van der Waals surface area contributed by atoms with Crippen LogP contribution in [0.25, 0.3) is 0 Å². The molecule has 1 unspecified atom stereocenters. The van der Waals surface area contributed by atoms with Gasteiger partial charge in [-0.1, -0.05) is 12.1 Å². The van der Waals surface area contributed by atoms with E-state index in [1.807, 2.05) is 24.3 Å². The predicted octanol–water partition coefficient (Wildman–Crippen LogP) is 0.462. The van der Waals surface area contributed by atoms with E-state index in [2.05, 4.69) is 4.90 Å². The summed E-state index contributed by atoms with van der Waals surface area (Å²) in [5.74, 6) is 0. The van der Waals surface area contributed by atoms with E-state index in [0.717, 1.165) is 25.3 Å². The lowest BCUT2D eigenvalue weighted by Gasteiger charge is -2.31. The fourth-order valence-electron chi connectivity index (χ4n) is 1.92. The van der Waals surface area contributed by atoms with Gasteiger partial charge in [-0.15, -0.1) is 0 Å². The SMILES string of the molecule is Nc1ccc(CN2CCOC(CO)C2)cc1. The number of aliphatic hydroxyl groups excluding tert-OH is 1. The molecule has 3 N–H and O–H groups in total. The Hall–Kier alpha value is -1.10. The van der Waals surface area contributed by atoms with E-state index in [4.69, 9.17) is 15.6 Å². The molecule has 16 heavy (non-hydrogen) atoms. The Morgan fingerprint density at radius 2 is 2.12 bits per heavy atom. The molecule has 0 saturated carbocycles. The molecule has 1 aromatic rings. The summed E-state index contributed by atoms with van der Waals surface area (Å²) in [5.41, 5.74) is 7.67. The molecule has 0 aromatic heterocycles. The Bertz CT molecular complexity index is 326. The van der Waals surface area contributed by atoms with Gasteiger partial charge in [0.1, 0.15) is 0 Å². The van der Waals surface area contributed by atoms with Gasteiger partial charge >= 0.3 is 0 Å². The Balaban J connectivity index is 1.91. The van der Waals surface area contributed by atoms with Crippen molar-refractivity contribution in [2.24, 2.45) is 0 Å². The number of hydrogen-bond acceptors (Lipinski definition) is 4. The molecule has 0 aliphatic carbocycles. The minimum atomic E-state index is -0.0393. The van der Waals surface area contributed by atoms with Crippen molar-refractivity contribution in [3.05, 3.63) is 29.8 Å². The van der Waals surface area contributed by atoms with Crippen LogP contribution in [0.3, 0.4) is 0 Å². The van der Waals surface area contributed by atoms with Crippen molar-refractivity contribution in [1.82, 2.24) is 4.90 Å². The van der Waals surface area contributed by atoms with Crippen molar-refractivity contribution in [3.8, 4) is 0 Å². The van der Waals surface area contributed by atoms with E-state index in [1.54, 1.807) is 0 Å². The monoisotopic (exact) mass is 222 g/mol. The maximum atomic E-state index is 9.04. The quantitative estimate of drug-likeness (QED) is 0.730. The number of nitrogens with two attached hydrogens (primary N) is 1. The molecule has 2 rings (SSSR count). The van der Waals surface area contributed by atoms with Crippen LogP contribution in [-0.4, -0.2) is 42.4 Å². The third kappa shape index (κ3) is 2.95. The predicted molar refractivity (Wildman–Crippen MR) is 63.0 cm³/mol. The molecule has 1 fully saturated rings. The van der Waals surface area contributed by atoms with Gasteiger partial charge in [0.15, 0.2) is 0 Å². The van der Waals surface area contributed by atoms with E-state index < -0.39 is 0 Å². The standard InChI is InChI=1S/C12H18N2O2/c13-11-3-1-10(2-4-11)7-14-5-6-16-12(8-14)9-15/h1-4,12,15H,5-9,13H2. The fraction of sp³-hybridized carbons (Fsp3) is 0.500. The van der Waals surface area contributed by atoms with Gasteiger partial charge < -0.3 is 15.6 Å². The van der Waals surface area contributed by atoms with Crippen LogP contribution in [0, 0.1) is 0 Å². The van der Waals surface area contributed by atoms with Gasteiger partial charge in [0.25, 0.3) is 0 Å². The molecule has 1 heterocycles. The van der Waals surface area contributed by atoms with Crippen molar-refractivity contribution >= 4 is 5.69 Å². The summed E-state index contributed by atoms with van der Waals surface area (Å²) in [6.07, 6.45) is -0.0393. The smallest absolute Gasteiger partial charge is 0.0933 e. The van der Waals surface area contributed by atoms with Crippen LogP contribution in [0.1, 0.15) is 5.56 Å². The highest BCUT2D eigenvalue weighted by Gasteiger charge is 2.19. The van der Waals surface area contributed by atoms with Crippen molar-refractivity contribution in [1.29, 1.82) is 0 Å². The number of hydrogen-bond donors (Lipinski definition) is 2. The number of aliphatic hydroxyl groups is 1. The third-order valence-corrected chi connectivity index (χ3v) is 2.81. The number of ether oxygens (including phenoxy) is 1. The van der Waals surface area contributed by atoms with Gasteiger partial charge in [-0.05, 0) is 17.7 Å². The van der Waals surface area contributed by atoms with Crippen LogP contribution in [0.5, 0.6) is 0 Å². The first-order valence-electron chi connectivity index (χ1n) is 5.57. The van der Waals surface area contributed by atoms with E-state index in [1.165, 1.54) is 5.56 Å². The van der Waals surface area contributed by atoms with Gasteiger partial charge in [0.05, 0.1) is 19.3 Å². The third-order valence-electron chi connectivity index (χ3n) is 2.81. The number of nitrogens with zero attached hydrogens (tertiary/aromatic N) is 1. The molecule has 0 radical (unpaired) electrons. The molecule has 1 aromatic carbocycles. The lowest BCUT2D eigenvalue weighted by Crippen LogP contribution is -2.43. The van der Waals surface area contributed by atoms with Gasteiger partial charge in [0.2, 0.25) is 0 Å². The van der Waals surface area contributed by atoms with Crippen LogP contribution < -0.4 is 5.73 Å². The van der Waals surface area contributed by atoms with Crippen LogP contribution in [0.15, 0.2) is 24.3 Å². The molecule has 1 aliphatic rings. The topological polar surface area (TPSA) is 58.7 Å². The second-order valence-corrected chi connectivity index (χ2v) is 4.15. The van der Waals surface area contributed by atoms with E-state index >= 15 is 0 Å². The summed E-state index contributed by atoms with van der Waals surface area (Å²) in [7, 11) is 0. The van der Waals surface area contributed by atoms with Gasteiger partial charge in [-0.25, -0.2) is 0 Å². The van der Waals surface area contributed by atoms with E-state index in [9.17, 15) is 0 Å². The van der Waals surface area contributed by atoms with Crippen LogP contribution in [0.4, 0.5) is 5.69 Å². The molecular formula is C12H18N2O2. The number of rotatable bonds is 3. The first-order valence-corrected chi connectivity index (χ1v) is 5.57. The molecule has 4 heteroatoms. The Kier molecular flexibility index (Phi) is 3.77. The summed E-state index contributed by atoms with van der Waals surface area (Å²) in [6.45, 7) is 3.39. The Morgan fingerprint density at radius 3 is 2.81 bits per heavy atom. The molecule has 88 valence electrons. The van der Waals surface area contributed by atoms with Crippen molar-refractivity contribution in [2.75, 3.05) is 32.0 Å². The molecule has 4 nitrogen and oxygen atoms in total. The van der Waals surface area contributed by atoms with Crippen molar-refractivity contribution < 1.29 is 9.84 Å². The van der Waals surface area contributed by atoms with E-state index in [-0.39, 0.29) is 12.7 Å². The average molecular weight is 222 g/mol. The first kappa shape index (κ1) is 11.4. The summed E-state index contributed by atoms with van der Waals surface area (Å²) >= 11 is 0. The highest BCUT2D eigenvalue weighted by atomic mass is 16.5. The fourth-order valence-corrected chi connectivity index (χ4v) is 1.92. The van der Waals surface area contributed by atoms with Gasteiger partial charge in [-0.2, -0.15) is 0 Å². The molecule has 1 atom stereocenters. The largest absolute Gasteiger partial charge is 0.399 e. The zero-order valence-corrected chi connectivity index (χ0v) is 9.30. The van der Waals surface area contributed by atoms with Crippen molar-refractivity contribution in [3.63, 3.8) is 0 Å². The Labute approximate surface area is 95.6 Å². The lowest BCUT2D eigenvalue weighted by atomic mass is 10.2. The normalized spacial score (nSPS) is 22.2. The maximum absolute atomic E-state index is 9.04. The van der Waals surface area contributed by atoms with Gasteiger partial charge in [-0.3, -0.25) is 4.90 Å². The zero-order chi connectivity index (χ0) is 11.4. The average Bonchev–Trinajstić information content (AvgIpc) is 2.32. The Morgan fingerprint density at radius 1 is 1.38 bits per heavy atom. The zero-order valence-electron chi connectivity index (χ0n) is 9.30. The summed E-state index contributed by atoms with van der Waals surface area (Å²) in [6, 6.07) is 7.91. The lowest BCUT2D eigenvalue weighted by molar-refractivity contribution is -0.0551. The highest BCUT2D eigenvalue weighted by molar-refractivity contribution is 5.39. The van der Waals surface area contributed by atoms with Crippen molar-refractivity contribution in [2.45, 2.75) is 12.6 Å². The molecule has 0 spiro atoms. The second kappa shape index (κ2) is 5.30. The van der Waals surface area contributed by atoms with E-state index in [0.29, 0.717) is 6.61 Å². The minimum Gasteiger partial charge on any atom is -0.399 e.